The molecule has 0 saturated carbocycles. The van der Waals surface area contributed by atoms with Crippen molar-refractivity contribution in [3.63, 3.8) is 0 Å². The molecule has 2 rings (SSSR count). The summed E-state index contributed by atoms with van der Waals surface area (Å²) in [7, 11) is 3.86. The molecule has 0 spiro atoms. The molecule has 0 unspecified atom stereocenters. The summed E-state index contributed by atoms with van der Waals surface area (Å²) >= 11 is 5.25. The van der Waals surface area contributed by atoms with Gasteiger partial charge in [0.25, 0.3) is 0 Å². The van der Waals surface area contributed by atoms with Gasteiger partial charge < -0.3 is 15.0 Å². The van der Waals surface area contributed by atoms with Gasteiger partial charge in [0, 0.05) is 46.5 Å². The molecule has 0 atom stereocenters. The highest BCUT2D eigenvalue weighted by Gasteiger charge is 2.05. The Morgan fingerprint density at radius 3 is 2.86 bits per heavy atom. The lowest BCUT2D eigenvalue weighted by Crippen LogP contribution is -2.28. The van der Waals surface area contributed by atoms with E-state index in [9.17, 15) is 0 Å². The van der Waals surface area contributed by atoms with E-state index in [4.69, 9.17) is 4.74 Å². The summed E-state index contributed by atoms with van der Waals surface area (Å²) in [6.07, 6.45) is 0. The van der Waals surface area contributed by atoms with E-state index < -0.39 is 0 Å². The van der Waals surface area contributed by atoms with Crippen molar-refractivity contribution in [1.82, 2.24) is 10.2 Å². The number of ether oxygens (including phenoxy) is 1. The van der Waals surface area contributed by atoms with Crippen LogP contribution in [-0.2, 0) is 13.1 Å². The smallest absolute Gasteiger partial charge is 0.123 e. The fourth-order valence-corrected chi connectivity index (χ4v) is 3.55. The van der Waals surface area contributed by atoms with Crippen molar-refractivity contribution in [2.24, 2.45) is 0 Å². The first-order valence-electron chi connectivity index (χ1n) is 6.93. The van der Waals surface area contributed by atoms with Crippen LogP contribution in [0.3, 0.4) is 0 Å². The SMILES string of the molecule is COc1ccccc1CN(C)CCNCc1cc(Br)cs1. The number of hydrogen-bond acceptors (Lipinski definition) is 4. The number of benzene rings is 1. The maximum absolute atomic E-state index is 5.39. The Bertz CT molecular complexity index is 559. The number of likely N-dealkylation sites (N-methyl/N-ethyl adjacent to an activating group) is 1. The van der Waals surface area contributed by atoms with E-state index >= 15 is 0 Å². The molecule has 1 aromatic carbocycles. The molecular formula is C16H21BrN2OS. The second-order valence-electron chi connectivity index (χ2n) is 4.96. The minimum absolute atomic E-state index is 0.899. The average Bonchev–Trinajstić information content (AvgIpc) is 2.90. The van der Waals surface area contributed by atoms with Crippen molar-refractivity contribution in [2.75, 3.05) is 27.2 Å². The Morgan fingerprint density at radius 2 is 2.14 bits per heavy atom. The zero-order chi connectivity index (χ0) is 15.1. The number of hydrogen-bond donors (Lipinski definition) is 1. The fraction of sp³-hybridized carbons (Fsp3) is 0.375. The minimum atomic E-state index is 0.899. The molecule has 114 valence electrons. The molecule has 1 aromatic heterocycles. The number of halogens is 1. The summed E-state index contributed by atoms with van der Waals surface area (Å²) in [5.41, 5.74) is 1.23. The van der Waals surface area contributed by atoms with E-state index in [1.165, 1.54) is 10.4 Å². The molecular weight excluding hydrogens is 348 g/mol. The topological polar surface area (TPSA) is 24.5 Å². The van der Waals surface area contributed by atoms with Crippen LogP contribution in [0.25, 0.3) is 0 Å². The van der Waals surface area contributed by atoms with Crippen LogP contribution in [0.5, 0.6) is 5.75 Å². The number of methoxy groups -OCH3 is 1. The molecule has 0 aliphatic rings. The molecule has 1 heterocycles. The van der Waals surface area contributed by atoms with Gasteiger partial charge in [-0.15, -0.1) is 11.3 Å². The Balaban J connectivity index is 1.71. The first-order chi connectivity index (χ1) is 10.2. The van der Waals surface area contributed by atoms with E-state index in [0.29, 0.717) is 0 Å². The van der Waals surface area contributed by atoms with Gasteiger partial charge in [0.1, 0.15) is 5.75 Å². The van der Waals surface area contributed by atoms with Crippen molar-refractivity contribution in [2.45, 2.75) is 13.1 Å². The first kappa shape index (κ1) is 16.5. The Morgan fingerprint density at radius 1 is 1.33 bits per heavy atom. The highest BCUT2D eigenvalue weighted by Crippen LogP contribution is 2.19. The van der Waals surface area contributed by atoms with Crippen molar-refractivity contribution in [3.8, 4) is 5.75 Å². The molecule has 3 nitrogen and oxygen atoms in total. The summed E-state index contributed by atoms with van der Waals surface area (Å²) in [4.78, 5) is 3.66. The van der Waals surface area contributed by atoms with Crippen molar-refractivity contribution >= 4 is 27.3 Å². The van der Waals surface area contributed by atoms with Crippen LogP contribution in [-0.4, -0.2) is 32.1 Å². The first-order valence-corrected chi connectivity index (χ1v) is 8.60. The van der Waals surface area contributed by atoms with Gasteiger partial charge in [0.05, 0.1) is 7.11 Å². The highest BCUT2D eigenvalue weighted by molar-refractivity contribution is 9.10. The number of nitrogens with zero attached hydrogens (tertiary/aromatic N) is 1. The third-order valence-corrected chi connectivity index (χ3v) is 4.92. The number of thiophene rings is 1. The van der Waals surface area contributed by atoms with Gasteiger partial charge in [-0.05, 0) is 35.1 Å². The average molecular weight is 369 g/mol. The van der Waals surface area contributed by atoms with Crippen LogP contribution >= 0.6 is 27.3 Å². The lowest BCUT2D eigenvalue weighted by molar-refractivity contribution is 0.315. The largest absolute Gasteiger partial charge is 0.496 e. The zero-order valence-electron chi connectivity index (χ0n) is 12.4. The number of rotatable bonds is 8. The van der Waals surface area contributed by atoms with E-state index in [1.807, 2.05) is 12.1 Å². The minimum Gasteiger partial charge on any atom is -0.496 e. The molecule has 0 aliphatic heterocycles. The van der Waals surface area contributed by atoms with Gasteiger partial charge in [-0.3, -0.25) is 0 Å². The van der Waals surface area contributed by atoms with Gasteiger partial charge in [0.15, 0.2) is 0 Å². The van der Waals surface area contributed by atoms with Crippen LogP contribution in [0.4, 0.5) is 0 Å². The van der Waals surface area contributed by atoms with Gasteiger partial charge in [-0.2, -0.15) is 0 Å². The summed E-state index contributed by atoms with van der Waals surface area (Å²) < 4.78 is 6.55. The third-order valence-electron chi connectivity index (χ3n) is 3.22. The van der Waals surface area contributed by atoms with E-state index in [1.54, 1.807) is 18.4 Å². The standard InChI is InChI=1S/C16H21BrN2OS/c1-19(11-13-5-3-4-6-16(13)20-2)8-7-18-10-15-9-14(17)12-21-15/h3-6,9,12,18H,7-8,10-11H2,1-2H3. The molecule has 1 N–H and O–H groups in total. The summed E-state index contributed by atoms with van der Waals surface area (Å²) in [5, 5.41) is 5.59. The van der Waals surface area contributed by atoms with Crippen LogP contribution < -0.4 is 10.1 Å². The summed E-state index contributed by atoms with van der Waals surface area (Å²) in [5.74, 6) is 0.959. The Hall–Kier alpha value is -0.880. The predicted octanol–water partition coefficient (Wildman–Crippen LogP) is 3.74. The molecule has 2 aromatic rings. The van der Waals surface area contributed by atoms with Crippen LogP contribution in [0.1, 0.15) is 10.4 Å². The van der Waals surface area contributed by atoms with Gasteiger partial charge >= 0.3 is 0 Å². The van der Waals surface area contributed by atoms with Crippen molar-refractivity contribution < 1.29 is 4.74 Å². The number of nitrogens with one attached hydrogen (secondary N) is 1. The maximum Gasteiger partial charge on any atom is 0.123 e. The highest BCUT2D eigenvalue weighted by atomic mass is 79.9. The lowest BCUT2D eigenvalue weighted by atomic mass is 10.2. The van der Waals surface area contributed by atoms with Crippen LogP contribution in [0.2, 0.25) is 0 Å². The lowest BCUT2D eigenvalue weighted by Gasteiger charge is -2.18. The van der Waals surface area contributed by atoms with Gasteiger partial charge in [-0.1, -0.05) is 18.2 Å². The van der Waals surface area contributed by atoms with Gasteiger partial charge in [-0.25, -0.2) is 0 Å². The molecule has 0 amide bonds. The van der Waals surface area contributed by atoms with Crippen LogP contribution in [0.15, 0.2) is 40.2 Å². The second-order valence-corrected chi connectivity index (χ2v) is 6.87. The van der Waals surface area contributed by atoms with Crippen molar-refractivity contribution in [1.29, 1.82) is 0 Å². The molecule has 21 heavy (non-hydrogen) atoms. The third kappa shape index (κ3) is 5.43. The molecule has 5 heteroatoms. The normalized spacial score (nSPS) is 11.0. The summed E-state index contributed by atoms with van der Waals surface area (Å²) in [6, 6.07) is 10.3. The Labute approximate surface area is 139 Å². The van der Waals surface area contributed by atoms with E-state index in [-0.39, 0.29) is 0 Å². The number of para-hydroxylation sites is 1. The molecule has 0 fully saturated rings. The maximum atomic E-state index is 5.39. The summed E-state index contributed by atoms with van der Waals surface area (Å²) in [6.45, 7) is 3.81. The second kappa shape index (κ2) is 8.54. The monoisotopic (exact) mass is 368 g/mol. The fourth-order valence-electron chi connectivity index (χ4n) is 2.13. The molecule has 0 aliphatic carbocycles. The predicted molar refractivity (Wildman–Crippen MR) is 93.1 cm³/mol. The Kier molecular flexibility index (Phi) is 6.70. The van der Waals surface area contributed by atoms with Crippen LogP contribution in [0, 0.1) is 0 Å². The zero-order valence-corrected chi connectivity index (χ0v) is 14.8. The van der Waals surface area contributed by atoms with E-state index in [0.717, 1.165) is 36.4 Å². The molecule has 0 radical (unpaired) electrons. The molecule has 0 bridgehead atoms. The van der Waals surface area contributed by atoms with Crippen molar-refractivity contribution in [3.05, 3.63) is 50.6 Å². The van der Waals surface area contributed by atoms with E-state index in [2.05, 4.69) is 56.8 Å². The van der Waals surface area contributed by atoms with Gasteiger partial charge in [0.2, 0.25) is 0 Å². The molecule has 0 saturated heterocycles. The quantitative estimate of drug-likeness (QED) is 0.718.